The number of unbranched alkanes of at least 4 members (excludes halogenated alkanes) is 1. The van der Waals surface area contributed by atoms with Crippen molar-refractivity contribution < 1.29 is 80.7 Å². The van der Waals surface area contributed by atoms with E-state index in [0.717, 1.165) is 98.8 Å². The van der Waals surface area contributed by atoms with Crippen LogP contribution in [0.4, 0.5) is 0 Å². The van der Waals surface area contributed by atoms with Crippen molar-refractivity contribution >= 4 is 137 Å². The van der Waals surface area contributed by atoms with Gasteiger partial charge in [0.2, 0.25) is 16.6 Å². The molecule has 111 heavy (non-hydrogen) atoms. The maximum absolute atomic E-state index is 11.4. The summed E-state index contributed by atoms with van der Waals surface area (Å²) in [6.45, 7) is 49.6. The number of thiophene rings is 4. The third-order valence-electron chi connectivity index (χ3n) is 19.0. The van der Waals surface area contributed by atoms with Gasteiger partial charge in [-0.05, 0) is 203 Å². The van der Waals surface area contributed by atoms with Crippen LogP contribution in [0, 0.1) is 34.6 Å². The minimum atomic E-state index is -2.12. The van der Waals surface area contributed by atoms with Crippen LogP contribution >= 0.6 is 108 Å². The second-order valence-electron chi connectivity index (χ2n) is 28.7. The molecule has 13 nitrogen and oxygen atoms in total. The zero-order valence-corrected chi connectivity index (χ0v) is 78.3. The summed E-state index contributed by atoms with van der Waals surface area (Å²) in [5, 5.41) is 20.8. The van der Waals surface area contributed by atoms with Gasteiger partial charge in [-0.1, -0.05) is 191 Å². The second-order valence-corrected chi connectivity index (χ2v) is 47.3. The Morgan fingerprint density at radius 1 is 0.477 bits per heavy atom. The van der Waals surface area contributed by atoms with Gasteiger partial charge in [0.15, 0.2) is 25.2 Å². The topological polar surface area (TPSA) is 158 Å². The summed E-state index contributed by atoms with van der Waals surface area (Å²) in [6.07, 6.45) is 4.82. The zero-order valence-electron chi connectivity index (χ0n) is 68.4. The number of carbonyl (C=O) groups is 2. The number of aliphatic hydroxyl groups is 2. The molecule has 0 bridgehead atoms. The van der Waals surface area contributed by atoms with Crippen molar-refractivity contribution in [2.45, 2.75) is 221 Å². The first kappa shape index (κ1) is 101. The van der Waals surface area contributed by atoms with E-state index in [1.807, 2.05) is 67.6 Å². The molecule has 4 aromatic heterocycles. The van der Waals surface area contributed by atoms with Crippen molar-refractivity contribution in [2.75, 3.05) is 59.5 Å². The van der Waals surface area contributed by atoms with Gasteiger partial charge in [-0.15, -0.1) is 45.3 Å². The van der Waals surface area contributed by atoms with Gasteiger partial charge in [-0.3, -0.25) is 9.59 Å². The molecular formula is C86H118BrCl4LiO13S4Si2. The molecule has 12 rings (SSSR count). The Morgan fingerprint density at radius 2 is 0.802 bits per heavy atom. The summed E-state index contributed by atoms with van der Waals surface area (Å²) >= 11 is 34.3. The number of halogens is 5. The minimum Gasteiger partial charge on any atom is -0.405 e. The molecule has 608 valence electrons. The first-order valence-electron chi connectivity index (χ1n) is 38.1. The van der Waals surface area contributed by atoms with Crippen LogP contribution in [-0.4, -0.2) is 98.9 Å². The monoisotopic (exact) mass is 1770 g/mol. The number of aliphatic hydroxyl groups excluding tert-OH is 2. The van der Waals surface area contributed by atoms with E-state index in [9.17, 15) is 14.7 Å². The first-order valence-corrected chi connectivity index (χ1v) is 47.9. The van der Waals surface area contributed by atoms with Crippen LogP contribution in [0.2, 0.25) is 53.3 Å². The van der Waals surface area contributed by atoms with Crippen molar-refractivity contribution in [1.82, 2.24) is 0 Å². The summed E-state index contributed by atoms with van der Waals surface area (Å²) in [4.78, 5) is 30.2. The van der Waals surface area contributed by atoms with Crippen LogP contribution in [0.25, 0.3) is 0 Å². The SMILES string of the molecule is C1CCOC1.CCO.Cc1sc(C2OCCO2)cc1Br.Cc1sc(C2OCCO2)cc1C(O)c1cccc(Cl)c1.Cc1sc(C2OCCO2)cc1C(O[Si](C(C)C)(C(C)C)C(C)C)c1cccc(Cl)c1.Cc1sc(C=O)cc1C(O[Si](C(C)C)(C(C)C)C(C)C)c1cccc(Cl)c1.O=Cc1cccc(Cl)c1.[CH2-]CCC.[Li+]. The van der Waals surface area contributed by atoms with Crippen molar-refractivity contribution in [3.8, 4) is 0 Å². The Kier molecular flexibility index (Phi) is 46.7. The average molecular weight is 1770 g/mol. The third kappa shape index (κ3) is 30.2. The van der Waals surface area contributed by atoms with E-state index in [-0.39, 0.29) is 56.5 Å². The van der Waals surface area contributed by atoms with E-state index in [4.69, 9.17) is 93.5 Å². The number of hydrogen-bond donors (Lipinski definition) is 2. The normalized spacial score (nSPS) is 15.3. The van der Waals surface area contributed by atoms with Crippen LogP contribution in [0.1, 0.15) is 247 Å². The smallest absolute Gasteiger partial charge is 0.405 e. The summed E-state index contributed by atoms with van der Waals surface area (Å²) in [5.74, 6) is 0. The molecule has 0 spiro atoms. The van der Waals surface area contributed by atoms with Crippen LogP contribution < -0.4 is 18.9 Å². The summed E-state index contributed by atoms with van der Waals surface area (Å²) < 4.78 is 53.8. The van der Waals surface area contributed by atoms with E-state index < -0.39 is 22.7 Å². The average Bonchev–Trinajstić information content (AvgIpc) is 1.77. The van der Waals surface area contributed by atoms with Crippen molar-refractivity contribution in [3.63, 3.8) is 0 Å². The molecule has 4 aliphatic rings. The molecule has 8 heterocycles. The summed E-state index contributed by atoms with van der Waals surface area (Å²) in [7, 11) is -4.24. The fourth-order valence-corrected chi connectivity index (χ4v) is 30.3. The van der Waals surface area contributed by atoms with Gasteiger partial charge < -0.3 is 59.1 Å². The standard InChI is InChI=1S/C24H35ClO3SSi.C22H31ClO2SSi.C15H15ClO3S.C8H9BrO2S.C7H5ClO.C4H8O.C4H9.C2H6O.Li/c1-15(2)30(16(3)4,17(5)6)28-23(19-9-8-10-20(25)13-19)21-14-22(29-18(21)7)24-26-11-12-27-24;1-14(2)27(15(3)4,16(5)6)25-22(18-9-8-10-19(23)11-18)21-12-20(13-24)26-17(21)7;1-9-12(8-13(20-9)15-18-5-6-19-15)14(17)10-3-2-4-11(16)7-10;1-5-6(9)4-7(12-5)8-10-2-3-11-8;8-7-3-1-2-6(4-7)5-9;1-2-4-5-3-1;1-3-4-2;1-2-3;/h8-10,13-17,23-24H,11-12H2,1-7H3;8-16,22H,1-7H3;2-4,7-8,14-15,17H,5-6H2,1H3;4,8H,2-3H2,1H3;1-5H;1-4H2;1,3-4H2,2H3;3H,2H2,1H3;/q;;;;;;-1;;+1. The number of carbonyl (C=O) groups excluding carboxylic acids is 2. The van der Waals surface area contributed by atoms with E-state index in [2.05, 4.69) is 158 Å². The molecule has 25 heteroatoms. The van der Waals surface area contributed by atoms with E-state index >= 15 is 0 Å². The molecule has 3 atom stereocenters. The molecular weight excluding hydrogens is 1650 g/mol. The molecule has 0 aliphatic carbocycles. The zero-order chi connectivity index (χ0) is 81.4. The number of aryl methyl sites for hydroxylation is 4. The molecule has 4 fully saturated rings. The van der Waals surface area contributed by atoms with Gasteiger partial charge in [0.05, 0.1) is 71.4 Å². The third-order valence-corrected chi connectivity index (χ3v) is 37.4. The minimum absolute atomic E-state index is 0. The molecule has 2 N–H and O–H groups in total. The summed E-state index contributed by atoms with van der Waals surface area (Å²) in [6, 6.07) is 38.4. The Bertz CT molecular complexity index is 3900. The number of benzene rings is 4. The predicted molar refractivity (Wildman–Crippen MR) is 470 cm³/mol. The molecule has 3 unspecified atom stereocenters. The maximum Gasteiger partial charge on any atom is 1.00 e. The Morgan fingerprint density at radius 3 is 1.11 bits per heavy atom. The largest absolute Gasteiger partial charge is 1.00 e. The molecule has 0 radical (unpaired) electrons. The van der Waals surface area contributed by atoms with Crippen molar-refractivity contribution in [3.05, 3.63) is 231 Å². The predicted octanol–water partition coefficient (Wildman–Crippen LogP) is 24.1. The molecule has 4 aliphatic heterocycles. The van der Waals surface area contributed by atoms with Crippen LogP contribution in [0.5, 0.6) is 0 Å². The van der Waals surface area contributed by atoms with Crippen LogP contribution in [-0.2, 0) is 42.0 Å². The van der Waals surface area contributed by atoms with E-state index in [0.29, 0.717) is 93.5 Å². The molecule has 0 saturated carbocycles. The number of hydrogen-bond acceptors (Lipinski definition) is 17. The Labute approximate surface area is 722 Å². The second kappa shape index (κ2) is 51.6. The van der Waals surface area contributed by atoms with Crippen LogP contribution in [0.3, 0.4) is 0 Å². The van der Waals surface area contributed by atoms with Gasteiger partial charge in [0.25, 0.3) is 0 Å². The van der Waals surface area contributed by atoms with E-state index in [1.165, 1.54) is 45.9 Å². The number of ether oxygens (including phenoxy) is 7. The molecule has 4 aromatic carbocycles. The first-order chi connectivity index (χ1) is 52.4. The van der Waals surface area contributed by atoms with Crippen molar-refractivity contribution in [1.29, 1.82) is 0 Å². The Hall–Kier alpha value is -2.75. The summed E-state index contributed by atoms with van der Waals surface area (Å²) in [5.41, 5.74) is 9.67. The molecule has 4 saturated heterocycles. The van der Waals surface area contributed by atoms with Gasteiger partial charge in [-0.2, -0.15) is 6.42 Å². The van der Waals surface area contributed by atoms with Gasteiger partial charge in [0, 0.05) is 69.5 Å². The fourth-order valence-electron chi connectivity index (χ4n) is 13.9. The number of aldehydes is 2. The van der Waals surface area contributed by atoms with Crippen LogP contribution in [0.15, 0.2) is 126 Å². The van der Waals surface area contributed by atoms with Crippen molar-refractivity contribution in [2.24, 2.45) is 0 Å². The molecule has 8 aromatic rings. The maximum atomic E-state index is 11.4. The van der Waals surface area contributed by atoms with Gasteiger partial charge in [0.1, 0.15) is 12.4 Å². The fraction of sp³-hybridized carbons (Fsp3) is 0.500. The number of rotatable bonds is 22. The molecule has 0 amide bonds. The van der Waals surface area contributed by atoms with E-state index in [1.54, 1.807) is 77.3 Å². The van der Waals surface area contributed by atoms with Gasteiger partial charge >= 0.3 is 18.9 Å². The Balaban J connectivity index is 0.000000293. The van der Waals surface area contributed by atoms with Gasteiger partial charge in [-0.25, -0.2) is 0 Å². The quantitative estimate of drug-likeness (QED) is 0.0376.